The SMILES string of the molecule is Cc1cccc(C(C)C(C)N)c1OC(C)(F)F. The van der Waals surface area contributed by atoms with Gasteiger partial charge in [-0.1, -0.05) is 25.1 Å². The van der Waals surface area contributed by atoms with E-state index in [1.807, 2.05) is 19.9 Å². The molecule has 4 heteroatoms. The van der Waals surface area contributed by atoms with Gasteiger partial charge in [0.1, 0.15) is 5.75 Å². The molecule has 0 aliphatic rings. The first-order chi connectivity index (χ1) is 7.72. The van der Waals surface area contributed by atoms with E-state index < -0.39 is 6.11 Å². The highest BCUT2D eigenvalue weighted by Gasteiger charge is 2.27. The van der Waals surface area contributed by atoms with Gasteiger partial charge in [0.05, 0.1) is 0 Å². The van der Waals surface area contributed by atoms with E-state index in [-0.39, 0.29) is 17.7 Å². The van der Waals surface area contributed by atoms with Crippen molar-refractivity contribution in [1.29, 1.82) is 0 Å². The average Bonchev–Trinajstić information content (AvgIpc) is 2.18. The molecule has 1 rings (SSSR count). The van der Waals surface area contributed by atoms with Crippen LogP contribution in [0.4, 0.5) is 8.78 Å². The molecule has 17 heavy (non-hydrogen) atoms. The van der Waals surface area contributed by atoms with Crippen LogP contribution in [-0.2, 0) is 0 Å². The van der Waals surface area contributed by atoms with Crippen molar-refractivity contribution in [1.82, 2.24) is 0 Å². The zero-order valence-electron chi connectivity index (χ0n) is 10.6. The second-order valence-electron chi connectivity index (χ2n) is 4.55. The lowest BCUT2D eigenvalue weighted by molar-refractivity contribution is -0.159. The molecule has 0 radical (unpaired) electrons. The molecule has 0 fully saturated rings. The summed E-state index contributed by atoms with van der Waals surface area (Å²) in [5.41, 5.74) is 7.22. The molecule has 0 heterocycles. The topological polar surface area (TPSA) is 35.2 Å². The van der Waals surface area contributed by atoms with Crippen LogP contribution in [0.5, 0.6) is 5.75 Å². The number of para-hydroxylation sites is 1. The fraction of sp³-hybridized carbons (Fsp3) is 0.538. The summed E-state index contributed by atoms with van der Waals surface area (Å²) < 4.78 is 30.7. The van der Waals surface area contributed by atoms with E-state index in [2.05, 4.69) is 0 Å². The Morgan fingerprint density at radius 2 is 1.88 bits per heavy atom. The van der Waals surface area contributed by atoms with Crippen LogP contribution in [0.15, 0.2) is 18.2 Å². The Morgan fingerprint density at radius 1 is 1.29 bits per heavy atom. The smallest absolute Gasteiger partial charge is 0.394 e. The van der Waals surface area contributed by atoms with Gasteiger partial charge in [-0.25, -0.2) is 0 Å². The third kappa shape index (κ3) is 3.66. The van der Waals surface area contributed by atoms with Crippen molar-refractivity contribution in [2.45, 2.75) is 45.8 Å². The predicted octanol–water partition coefficient (Wildman–Crippen LogP) is 3.44. The Balaban J connectivity index is 3.17. The van der Waals surface area contributed by atoms with Crippen molar-refractivity contribution >= 4 is 0 Å². The van der Waals surface area contributed by atoms with E-state index in [4.69, 9.17) is 10.5 Å². The molecular weight excluding hydrogens is 224 g/mol. The number of halogens is 2. The number of nitrogens with two attached hydrogens (primary N) is 1. The maximum atomic E-state index is 13.0. The van der Waals surface area contributed by atoms with Crippen LogP contribution in [-0.4, -0.2) is 12.2 Å². The Kier molecular flexibility index (Phi) is 4.09. The lowest BCUT2D eigenvalue weighted by Gasteiger charge is -2.23. The normalized spacial score (nSPS) is 15.5. The molecule has 0 spiro atoms. The highest BCUT2D eigenvalue weighted by atomic mass is 19.3. The Morgan fingerprint density at radius 3 is 2.35 bits per heavy atom. The fourth-order valence-electron chi connectivity index (χ4n) is 1.64. The van der Waals surface area contributed by atoms with Crippen LogP contribution in [0.25, 0.3) is 0 Å². The van der Waals surface area contributed by atoms with E-state index >= 15 is 0 Å². The summed E-state index contributed by atoms with van der Waals surface area (Å²) in [5.74, 6) is 0.206. The van der Waals surface area contributed by atoms with Gasteiger partial charge >= 0.3 is 6.11 Å². The standard InChI is InChI=1S/C13H19F2NO/c1-8-6-5-7-11(9(2)10(3)16)12(8)17-13(4,14)15/h5-7,9-10H,16H2,1-4H3. The van der Waals surface area contributed by atoms with Gasteiger partial charge in [-0.3, -0.25) is 0 Å². The number of rotatable bonds is 4. The van der Waals surface area contributed by atoms with Crippen LogP contribution < -0.4 is 10.5 Å². The van der Waals surface area contributed by atoms with Crippen molar-refractivity contribution in [3.8, 4) is 5.75 Å². The quantitative estimate of drug-likeness (QED) is 0.879. The number of ether oxygens (including phenoxy) is 1. The number of hydrogen-bond acceptors (Lipinski definition) is 2. The summed E-state index contributed by atoms with van der Waals surface area (Å²) in [6.45, 7) is 6.24. The highest BCUT2D eigenvalue weighted by Crippen LogP contribution is 2.34. The molecule has 0 amide bonds. The molecule has 0 bridgehead atoms. The molecular formula is C13H19F2NO. The maximum absolute atomic E-state index is 13.0. The van der Waals surface area contributed by atoms with Gasteiger partial charge in [-0.05, 0) is 30.9 Å². The van der Waals surface area contributed by atoms with Crippen molar-refractivity contribution < 1.29 is 13.5 Å². The van der Waals surface area contributed by atoms with Gasteiger partial charge in [-0.15, -0.1) is 0 Å². The highest BCUT2D eigenvalue weighted by molar-refractivity contribution is 5.43. The molecule has 1 aromatic carbocycles. The predicted molar refractivity (Wildman–Crippen MR) is 64.5 cm³/mol. The second kappa shape index (κ2) is 5.00. The molecule has 0 saturated heterocycles. The first kappa shape index (κ1) is 13.9. The molecule has 2 unspecified atom stereocenters. The molecule has 0 aliphatic heterocycles. The largest absolute Gasteiger partial charge is 0.432 e. The third-order valence-corrected chi connectivity index (χ3v) is 2.80. The van der Waals surface area contributed by atoms with Crippen LogP contribution in [0, 0.1) is 6.92 Å². The molecule has 0 aliphatic carbocycles. The minimum Gasteiger partial charge on any atom is -0.432 e. The minimum absolute atomic E-state index is 0.0350. The molecule has 2 N–H and O–H groups in total. The third-order valence-electron chi connectivity index (χ3n) is 2.80. The van der Waals surface area contributed by atoms with Crippen molar-refractivity contribution in [2.24, 2.45) is 5.73 Å². The van der Waals surface area contributed by atoms with Gasteiger partial charge in [-0.2, -0.15) is 8.78 Å². The lowest BCUT2D eigenvalue weighted by atomic mass is 9.92. The Labute approximate surface area is 101 Å². The first-order valence-corrected chi connectivity index (χ1v) is 5.64. The average molecular weight is 243 g/mol. The number of benzene rings is 1. The summed E-state index contributed by atoms with van der Waals surface area (Å²) in [6, 6.07) is 5.23. The van der Waals surface area contributed by atoms with E-state index in [9.17, 15) is 8.78 Å². The summed E-state index contributed by atoms with van der Waals surface area (Å²) >= 11 is 0. The summed E-state index contributed by atoms with van der Waals surface area (Å²) in [7, 11) is 0. The zero-order chi connectivity index (χ0) is 13.2. The monoisotopic (exact) mass is 243 g/mol. The van der Waals surface area contributed by atoms with E-state index in [1.54, 1.807) is 19.1 Å². The number of aryl methyl sites for hydroxylation is 1. The van der Waals surface area contributed by atoms with Gasteiger partial charge in [0.2, 0.25) is 0 Å². The lowest BCUT2D eigenvalue weighted by Crippen LogP contribution is -2.25. The molecule has 2 atom stereocenters. The van der Waals surface area contributed by atoms with Crippen molar-refractivity contribution in [2.75, 3.05) is 0 Å². The first-order valence-electron chi connectivity index (χ1n) is 5.64. The number of alkyl halides is 2. The molecule has 0 saturated carbocycles. The van der Waals surface area contributed by atoms with Gasteiger partial charge in [0.15, 0.2) is 0 Å². The minimum atomic E-state index is -3.18. The van der Waals surface area contributed by atoms with Crippen molar-refractivity contribution in [3.63, 3.8) is 0 Å². The van der Waals surface area contributed by atoms with Gasteiger partial charge in [0.25, 0.3) is 0 Å². The molecule has 96 valence electrons. The van der Waals surface area contributed by atoms with Crippen molar-refractivity contribution in [3.05, 3.63) is 29.3 Å². The molecule has 1 aromatic rings. The summed E-state index contributed by atoms with van der Waals surface area (Å²) in [4.78, 5) is 0. The van der Waals surface area contributed by atoms with Crippen LogP contribution in [0.1, 0.15) is 37.8 Å². The van der Waals surface area contributed by atoms with Crippen LogP contribution in [0.2, 0.25) is 0 Å². The van der Waals surface area contributed by atoms with Gasteiger partial charge < -0.3 is 10.5 Å². The van der Waals surface area contributed by atoms with Crippen LogP contribution in [0.3, 0.4) is 0 Å². The zero-order valence-corrected chi connectivity index (χ0v) is 10.6. The van der Waals surface area contributed by atoms with Crippen LogP contribution >= 0.6 is 0 Å². The van der Waals surface area contributed by atoms with E-state index in [1.165, 1.54) is 0 Å². The van der Waals surface area contributed by atoms with E-state index in [0.717, 1.165) is 12.5 Å². The maximum Gasteiger partial charge on any atom is 0.394 e. The summed E-state index contributed by atoms with van der Waals surface area (Å²) in [5, 5.41) is 0. The van der Waals surface area contributed by atoms with Gasteiger partial charge in [0, 0.05) is 13.0 Å². The Bertz CT molecular complexity index is 385. The number of hydrogen-bond donors (Lipinski definition) is 1. The molecule has 0 aromatic heterocycles. The molecule has 2 nitrogen and oxygen atoms in total. The van der Waals surface area contributed by atoms with E-state index in [0.29, 0.717) is 5.56 Å². The Hall–Kier alpha value is -1.16. The summed E-state index contributed by atoms with van der Waals surface area (Å²) in [6.07, 6.45) is -3.18. The second-order valence-corrected chi connectivity index (χ2v) is 4.55. The fourth-order valence-corrected chi connectivity index (χ4v) is 1.64.